The van der Waals surface area contributed by atoms with E-state index in [1.807, 2.05) is 6.07 Å². The van der Waals surface area contributed by atoms with Crippen molar-refractivity contribution in [3.63, 3.8) is 0 Å². The average molecular weight is 406 g/mol. The Morgan fingerprint density at radius 3 is 2.71 bits per heavy atom. The number of methoxy groups -OCH3 is 1. The Morgan fingerprint density at radius 2 is 2.11 bits per heavy atom. The Morgan fingerprint density at radius 1 is 1.39 bits per heavy atom. The van der Waals surface area contributed by atoms with Crippen LogP contribution in [0.25, 0.3) is 6.08 Å². The minimum absolute atomic E-state index is 0.0262. The molecule has 0 aliphatic heterocycles. The second-order valence-electron chi connectivity index (χ2n) is 6.80. The number of carbonyl (C=O) groups excluding carboxylic acids is 2. The average Bonchev–Trinajstić information content (AvgIpc) is 2.66. The molecule has 0 bridgehead atoms. The number of benzene rings is 1. The molecule has 0 aromatic heterocycles. The fraction of sp³-hybridized carbons (Fsp3) is 0.450. The Hall–Kier alpha value is -2.72. The third kappa shape index (κ3) is 5.64. The van der Waals surface area contributed by atoms with E-state index in [2.05, 4.69) is 12.2 Å². The number of nitrogens with zero attached hydrogens (tertiary/aromatic N) is 1. The molecule has 2 amide bonds. The first-order valence-electron chi connectivity index (χ1n) is 9.07. The first-order valence-corrected chi connectivity index (χ1v) is 9.44. The monoisotopic (exact) mass is 405 g/mol. The van der Waals surface area contributed by atoms with Crippen LogP contribution in [0.5, 0.6) is 11.5 Å². The number of nitrogens with one attached hydrogen (secondary N) is 1. The van der Waals surface area contributed by atoms with Crippen molar-refractivity contribution in [2.75, 3.05) is 13.7 Å². The van der Waals surface area contributed by atoms with Gasteiger partial charge in [0.1, 0.15) is 11.6 Å². The summed E-state index contributed by atoms with van der Waals surface area (Å²) in [6.45, 7) is 1.76. The van der Waals surface area contributed by atoms with Crippen molar-refractivity contribution in [1.29, 1.82) is 5.26 Å². The van der Waals surface area contributed by atoms with Crippen molar-refractivity contribution >= 4 is 29.5 Å². The number of ether oxygens (including phenoxy) is 2. The summed E-state index contributed by atoms with van der Waals surface area (Å²) in [6.07, 6.45) is 5.65. The number of carbonyl (C=O) groups is 2. The van der Waals surface area contributed by atoms with E-state index in [-0.39, 0.29) is 34.7 Å². The van der Waals surface area contributed by atoms with Crippen LogP contribution in [0.3, 0.4) is 0 Å². The largest absolute Gasteiger partial charge is 0.493 e. The molecule has 0 heterocycles. The van der Waals surface area contributed by atoms with E-state index >= 15 is 0 Å². The summed E-state index contributed by atoms with van der Waals surface area (Å²) in [4.78, 5) is 23.5. The lowest BCUT2D eigenvalue weighted by molar-refractivity contribution is -0.120. The summed E-state index contributed by atoms with van der Waals surface area (Å²) in [5.41, 5.74) is 5.55. The number of hydrogen-bond donors (Lipinski definition) is 2. The molecule has 2 atom stereocenters. The molecule has 1 saturated carbocycles. The molecule has 28 heavy (non-hydrogen) atoms. The van der Waals surface area contributed by atoms with Crippen molar-refractivity contribution in [3.05, 3.63) is 28.3 Å². The van der Waals surface area contributed by atoms with Gasteiger partial charge < -0.3 is 20.5 Å². The summed E-state index contributed by atoms with van der Waals surface area (Å²) in [7, 11) is 1.42. The van der Waals surface area contributed by atoms with E-state index in [0.29, 0.717) is 11.5 Å². The lowest BCUT2D eigenvalue weighted by Gasteiger charge is -2.29. The van der Waals surface area contributed by atoms with Crippen LogP contribution in [0.15, 0.2) is 17.7 Å². The van der Waals surface area contributed by atoms with Crippen LogP contribution in [-0.4, -0.2) is 31.6 Å². The van der Waals surface area contributed by atoms with Gasteiger partial charge in [0.05, 0.1) is 12.1 Å². The number of halogens is 1. The van der Waals surface area contributed by atoms with Gasteiger partial charge in [0, 0.05) is 6.04 Å². The van der Waals surface area contributed by atoms with Gasteiger partial charge in [-0.1, -0.05) is 31.4 Å². The highest BCUT2D eigenvalue weighted by atomic mass is 35.5. The molecule has 1 aliphatic rings. The van der Waals surface area contributed by atoms with Gasteiger partial charge in [-0.05, 0) is 42.5 Å². The number of nitrogens with two attached hydrogens (primary N) is 1. The SMILES string of the molecule is COc1cc(/C=C(\C#N)C(=O)N[C@@H]2CCCC[C@H]2C)cc(Cl)c1OCC(N)=O. The highest BCUT2D eigenvalue weighted by Crippen LogP contribution is 2.37. The molecular formula is C20H24ClN3O4. The Kier molecular flexibility index (Phi) is 7.70. The number of primary amides is 1. The second kappa shape index (κ2) is 10.00. The zero-order valence-corrected chi connectivity index (χ0v) is 16.7. The standard InChI is InChI=1S/C20H24ClN3O4/c1-12-5-3-4-6-16(12)24-20(26)14(10-22)7-13-8-15(21)19(17(9-13)27-2)28-11-18(23)25/h7-9,12,16H,3-6,11H2,1-2H3,(H2,23,25)(H,24,26)/b14-7+/t12-,16-/m1/s1. The smallest absolute Gasteiger partial charge is 0.262 e. The molecule has 7 nitrogen and oxygen atoms in total. The van der Waals surface area contributed by atoms with Crippen LogP contribution in [0.4, 0.5) is 0 Å². The molecule has 8 heteroatoms. The molecule has 0 spiro atoms. The fourth-order valence-electron chi connectivity index (χ4n) is 3.20. The van der Waals surface area contributed by atoms with E-state index in [0.717, 1.165) is 25.7 Å². The second-order valence-corrected chi connectivity index (χ2v) is 7.21. The molecule has 1 fully saturated rings. The van der Waals surface area contributed by atoms with Crippen LogP contribution in [0, 0.1) is 17.2 Å². The predicted octanol–water partition coefficient (Wildman–Crippen LogP) is 2.81. The Balaban J connectivity index is 2.23. The Labute approximate surface area is 169 Å². The molecule has 150 valence electrons. The maximum Gasteiger partial charge on any atom is 0.262 e. The number of hydrogen-bond acceptors (Lipinski definition) is 5. The summed E-state index contributed by atoms with van der Waals surface area (Å²) < 4.78 is 10.5. The van der Waals surface area contributed by atoms with Crippen LogP contribution in [-0.2, 0) is 9.59 Å². The number of amides is 2. The maximum absolute atomic E-state index is 12.5. The van der Waals surface area contributed by atoms with Gasteiger partial charge >= 0.3 is 0 Å². The maximum atomic E-state index is 12.5. The van der Waals surface area contributed by atoms with E-state index in [1.165, 1.54) is 19.3 Å². The summed E-state index contributed by atoms with van der Waals surface area (Å²) in [6, 6.07) is 5.10. The first-order chi connectivity index (χ1) is 13.3. The first kappa shape index (κ1) is 21.6. The van der Waals surface area contributed by atoms with Gasteiger partial charge in [-0.15, -0.1) is 0 Å². The zero-order chi connectivity index (χ0) is 20.7. The van der Waals surface area contributed by atoms with Gasteiger partial charge in [-0.3, -0.25) is 9.59 Å². The van der Waals surface area contributed by atoms with Gasteiger partial charge in [0.2, 0.25) is 0 Å². The molecule has 1 aliphatic carbocycles. The molecule has 1 aromatic carbocycles. The van der Waals surface area contributed by atoms with Gasteiger partial charge in [0.25, 0.3) is 11.8 Å². The fourth-order valence-corrected chi connectivity index (χ4v) is 3.47. The predicted molar refractivity (Wildman–Crippen MR) is 106 cm³/mol. The van der Waals surface area contributed by atoms with E-state index < -0.39 is 11.8 Å². The molecule has 1 aromatic rings. The van der Waals surface area contributed by atoms with Crippen molar-refractivity contribution in [1.82, 2.24) is 5.32 Å². The van der Waals surface area contributed by atoms with Crippen LogP contribution in [0.1, 0.15) is 38.2 Å². The van der Waals surface area contributed by atoms with Crippen molar-refractivity contribution in [2.24, 2.45) is 11.7 Å². The van der Waals surface area contributed by atoms with E-state index in [9.17, 15) is 14.9 Å². The quantitative estimate of drug-likeness (QED) is 0.534. The molecule has 2 rings (SSSR count). The number of nitriles is 1. The highest BCUT2D eigenvalue weighted by molar-refractivity contribution is 6.32. The normalized spacial score (nSPS) is 19.4. The van der Waals surface area contributed by atoms with E-state index in [4.69, 9.17) is 26.8 Å². The van der Waals surface area contributed by atoms with Gasteiger partial charge in [0.15, 0.2) is 18.1 Å². The third-order valence-electron chi connectivity index (χ3n) is 4.71. The summed E-state index contributed by atoms with van der Waals surface area (Å²) in [5, 5.41) is 12.6. The van der Waals surface area contributed by atoms with Crippen LogP contribution < -0.4 is 20.5 Å². The van der Waals surface area contributed by atoms with Crippen LogP contribution >= 0.6 is 11.6 Å². The molecule has 0 radical (unpaired) electrons. The summed E-state index contributed by atoms with van der Waals surface area (Å²) >= 11 is 6.21. The molecular weight excluding hydrogens is 382 g/mol. The van der Waals surface area contributed by atoms with Gasteiger partial charge in [-0.25, -0.2) is 0 Å². The lowest BCUT2D eigenvalue weighted by Crippen LogP contribution is -2.41. The molecule has 0 unspecified atom stereocenters. The van der Waals surface area contributed by atoms with Crippen molar-refractivity contribution < 1.29 is 19.1 Å². The van der Waals surface area contributed by atoms with Crippen molar-refractivity contribution in [2.45, 2.75) is 38.6 Å². The topological polar surface area (TPSA) is 114 Å². The molecule has 3 N–H and O–H groups in total. The third-order valence-corrected chi connectivity index (χ3v) is 5.00. The highest BCUT2D eigenvalue weighted by Gasteiger charge is 2.24. The minimum atomic E-state index is -0.650. The van der Waals surface area contributed by atoms with Gasteiger partial charge in [-0.2, -0.15) is 5.26 Å². The number of rotatable bonds is 7. The lowest BCUT2D eigenvalue weighted by atomic mass is 9.86. The molecule has 0 saturated heterocycles. The zero-order valence-electron chi connectivity index (χ0n) is 16.0. The van der Waals surface area contributed by atoms with E-state index in [1.54, 1.807) is 6.07 Å². The minimum Gasteiger partial charge on any atom is -0.493 e. The Bertz CT molecular complexity index is 816. The van der Waals surface area contributed by atoms with Crippen LogP contribution in [0.2, 0.25) is 5.02 Å². The summed E-state index contributed by atoms with van der Waals surface area (Å²) in [5.74, 6) is -0.251. The van der Waals surface area contributed by atoms with Crippen molar-refractivity contribution in [3.8, 4) is 17.6 Å².